The number of nitrogens with zero attached hydrogens (tertiary/aromatic N) is 2. The summed E-state index contributed by atoms with van der Waals surface area (Å²) in [6.07, 6.45) is 1.70. The minimum Gasteiger partial charge on any atom is -0.480 e. The van der Waals surface area contributed by atoms with Crippen molar-refractivity contribution in [1.82, 2.24) is 9.88 Å². The zero-order valence-electron chi connectivity index (χ0n) is 11.5. The lowest BCUT2D eigenvalue weighted by molar-refractivity contribution is -0.142. The standard InChI is InChI=1S/C16H18N2O2/c1-11-9-12(13-5-2-3-6-14(13)17-11)10-18-8-4-7-15(18)16(19)20/h2-3,5-6,9,15H,4,7-8,10H2,1H3,(H,19,20). The molecule has 1 aromatic heterocycles. The van der Waals surface area contributed by atoms with Crippen molar-refractivity contribution in [1.29, 1.82) is 0 Å². The van der Waals surface area contributed by atoms with Crippen LogP contribution >= 0.6 is 0 Å². The predicted molar refractivity (Wildman–Crippen MR) is 77.5 cm³/mol. The quantitative estimate of drug-likeness (QED) is 0.931. The van der Waals surface area contributed by atoms with Crippen LogP contribution in [0.5, 0.6) is 0 Å². The molecule has 2 aromatic rings. The highest BCUT2D eigenvalue weighted by atomic mass is 16.4. The molecule has 2 heterocycles. The number of aryl methyl sites for hydroxylation is 1. The van der Waals surface area contributed by atoms with Gasteiger partial charge in [-0.25, -0.2) is 0 Å². The second kappa shape index (κ2) is 5.21. The minimum atomic E-state index is -0.711. The summed E-state index contributed by atoms with van der Waals surface area (Å²) in [7, 11) is 0. The van der Waals surface area contributed by atoms with E-state index >= 15 is 0 Å². The van der Waals surface area contributed by atoms with Crippen molar-refractivity contribution >= 4 is 16.9 Å². The molecule has 1 unspecified atom stereocenters. The van der Waals surface area contributed by atoms with Gasteiger partial charge in [-0.3, -0.25) is 14.7 Å². The number of fused-ring (bicyclic) bond motifs is 1. The van der Waals surface area contributed by atoms with Crippen LogP contribution in [0.3, 0.4) is 0 Å². The Hall–Kier alpha value is -1.94. The number of carboxylic acid groups (broad SMARTS) is 1. The molecule has 20 heavy (non-hydrogen) atoms. The average molecular weight is 270 g/mol. The van der Waals surface area contributed by atoms with E-state index in [1.807, 2.05) is 25.1 Å². The Morgan fingerprint density at radius 3 is 3.05 bits per heavy atom. The van der Waals surface area contributed by atoms with E-state index in [9.17, 15) is 9.90 Å². The van der Waals surface area contributed by atoms with Gasteiger partial charge in [-0.05, 0) is 44.0 Å². The van der Waals surface area contributed by atoms with Crippen LogP contribution in [0.4, 0.5) is 0 Å². The van der Waals surface area contributed by atoms with Gasteiger partial charge in [0.05, 0.1) is 5.52 Å². The van der Waals surface area contributed by atoms with Gasteiger partial charge in [0.15, 0.2) is 0 Å². The SMILES string of the molecule is Cc1cc(CN2CCCC2C(=O)O)c2ccccc2n1. The van der Waals surface area contributed by atoms with E-state index in [0.717, 1.165) is 36.0 Å². The Kier molecular flexibility index (Phi) is 3.40. The zero-order valence-corrected chi connectivity index (χ0v) is 11.5. The van der Waals surface area contributed by atoms with Crippen molar-refractivity contribution in [2.45, 2.75) is 32.4 Å². The number of hydrogen-bond acceptors (Lipinski definition) is 3. The summed E-state index contributed by atoms with van der Waals surface area (Å²) in [5.41, 5.74) is 3.12. The van der Waals surface area contributed by atoms with Crippen LogP contribution < -0.4 is 0 Å². The molecule has 104 valence electrons. The lowest BCUT2D eigenvalue weighted by atomic mass is 10.1. The summed E-state index contributed by atoms with van der Waals surface area (Å²) in [4.78, 5) is 17.9. The van der Waals surface area contributed by atoms with Crippen LogP contribution in [0.1, 0.15) is 24.1 Å². The summed E-state index contributed by atoms with van der Waals surface area (Å²) in [5.74, 6) is -0.711. The monoisotopic (exact) mass is 270 g/mol. The number of aliphatic carboxylic acids is 1. The molecule has 1 atom stereocenters. The Balaban J connectivity index is 1.96. The van der Waals surface area contributed by atoms with Gasteiger partial charge in [-0.2, -0.15) is 0 Å². The third-order valence-corrected chi connectivity index (χ3v) is 3.95. The van der Waals surface area contributed by atoms with Crippen LogP contribution in [-0.2, 0) is 11.3 Å². The number of pyridine rings is 1. The first-order valence-corrected chi connectivity index (χ1v) is 6.97. The van der Waals surface area contributed by atoms with E-state index in [4.69, 9.17) is 0 Å². The van der Waals surface area contributed by atoms with Gasteiger partial charge in [0.25, 0.3) is 0 Å². The fourth-order valence-corrected chi connectivity index (χ4v) is 3.04. The highest BCUT2D eigenvalue weighted by Crippen LogP contribution is 2.24. The molecule has 0 spiro atoms. The number of para-hydroxylation sites is 1. The minimum absolute atomic E-state index is 0.345. The molecule has 0 radical (unpaired) electrons. The van der Waals surface area contributed by atoms with Crippen molar-refractivity contribution < 1.29 is 9.90 Å². The first-order valence-electron chi connectivity index (χ1n) is 6.97. The molecule has 0 bridgehead atoms. The van der Waals surface area contributed by atoms with E-state index < -0.39 is 5.97 Å². The lowest BCUT2D eigenvalue weighted by Crippen LogP contribution is -2.35. The predicted octanol–water partition coefficient (Wildman–Crippen LogP) is 2.59. The Morgan fingerprint density at radius 1 is 1.45 bits per heavy atom. The molecule has 0 saturated carbocycles. The maximum Gasteiger partial charge on any atom is 0.320 e. The van der Waals surface area contributed by atoms with Crippen molar-refractivity contribution in [2.24, 2.45) is 0 Å². The fraction of sp³-hybridized carbons (Fsp3) is 0.375. The molecule has 1 aliphatic heterocycles. The van der Waals surface area contributed by atoms with E-state index in [0.29, 0.717) is 6.54 Å². The molecule has 1 saturated heterocycles. The number of rotatable bonds is 3. The molecule has 1 aliphatic rings. The van der Waals surface area contributed by atoms with Crippen molar-refractivity contribution in [3.8, 4) is 0 Å². The van der Waals surface area contributed by atoms with Gasteiger partial charge in [0.2, 0.25) is 0 Å². The van der Waals surface area contributed by atoms with Crippen molar-refractivity contribution in [3.63, 3.8) is 0 Å². The van der Waals surface area contributed by atoms with E-state index in [1.54, 1.807) is 0 Å². The van der Waals surface area contributed by atoms with Gasteiger partial charge in [-0.15, -0.1) is 0 Å². The van der Waals surface area contributed by atoms with Gasteiger partial charge in [0.1, 0.15) is 6.04 Å². The first-order chi connectivity index (χ1) is 9.65. The summed E-state index contributed by atoms with van der Waals surface area (Å²) in [6.45, 7) is 3.52. The second-order valence-electron chi connectivity index (χ2n) is 5.41. The van der Waals surface area contributed by atoms with Gasteiger partial charge >= 0.3 is 5.97 Å². The van der Waals surface area contributed by atoms with E-state index in [-0.39, 0.29) is 6.04 Å². The molecule has 0 aliphatic carbocycles. The Bertz CT molecular complexity index is 654. The number of likely N-dealkylation sites (tertiary alicyclic amines) is 1. The molecule has 1 aromatic carbocycles. The molecule has 1 fully saturated rings. The van der Waals surface area contributed by atoms with E-state index in [1.165, 1.54) is 5.56 Å². The fourth-order valence-electron chi connectivity index (χ4n) is 3.04. The molecular weight excluding hydrogens is 252 g/mol. The van der Waals surface area contributed by atoms with Crippen LogP contribution in [0, 0.1) is 6.92 Å². The maximum atomic E-state index is 11.3. The normalized spacial score (nSPS) is 19.6. The lowest BCUT2D eigenvalue weighted by Gasteiger charge is -2.22. The number of carboxylic acids is 1. The Morgan fingerprint density at radius 2 is 2.25 bits per heavy atom. The zero-order chi connectivity index (χ0) is 14.1. The smallest absolute Gasteiger partial charge is 0.320 e. The van der Waals surface area contributed by atoms with Crippen molar-refractivity contribution in [2.75, 3.05) is 6.54 Å². The highest BCUT2D eigenvalue weighted by Gasteiger charge is 2.30. The molecule has 4 heteroatoms. The summed E-state index contributed by atoms with van der Waals surface area (Å²) >= 11 is 0. The van der Waals surface area contributed by atoms with Gasteiger partial charge < -0.3 is 5.11 Å². The molecule has 4 nitrogen and oxygen atoms in total. The number of carbonyl (C=O) groups is 1. The second-order valence-corrected chi connectivity index (χ2v) is 5.41. The average Bonchev–Trinajstić information content (AvgIpc) is 2.87. The summed E-state index contributed by atoms with van der Waals surface area (Å²) in [6, 6.07) is 9.77. The number of aromatic nitrogens is 1. The van der Waals surface area contributed by atoms with Crippen molar-refractivity contribution in [3.05, 3.63) is 41.6 Å². The highest BCUT2D eigenvalue weighted by molar-refractivity contribution is 5.82. The van der Waals surface area contributed by atoms with Crippen LogP contribution in [0.15, 0.2) is 30.3 Å². The van der Waals surface area contributed by atoms with Gasteiger partial charge in [-0.1, -0.05) is 18.2 Å². The molecular formula is C16H18N2O2. The first kappa shape index (κ1) is 13.1. The molecule has 0 amide bonds. The van der Waals surface area contributed by atoms with E-state index in [2.05, 4.69) is 22.0 Å². The van der Waals surface area contributed by atoms with Crippen LogP contribution in [0.25, 0.3) is 10.9 Å². The molecule has 1 N–H and O–H groups in total. The number of benzene rings is 1. The third kappa shape index (κ3) is 2.39. The van der Waals surface area contributed by atoms with Crippen LogP contribution in [-0.4, -0.2) is 33.5 Å². The maximum absolute atomic E-state index is 11.3. The summed E-state index contributed by atoms with van der Waals surface area (Å²) < 4.78 is 0. The topological polar surface area (TPSA) is 53.4 Å². The van der Waals surface area contributed by atoms with Gasteiger partial charge in [0, 0.05) is 17.6 Å². The number of hydrogen-bond donors (Lipinski definition) is 1. The third-order valence-electron chi connectivity index (χ3n) is 3.95. The Labute approximate surface area is 118 Å². The largest absolute Gasteiger partial charge is 0.480 e. The summed E-state index contributed by atoms with van der Waals surface area (Å²) in [5, 5.41) is 10.4. The molecule has 3 rings (SSSR count). The van der Waals surface area contributed by atoms with Crippen LogP contribution in [0.2, 0.25) is 0 Å².